The third kappa shape index (κ3) is 3.03. The van der Waals surface area contributed by atoms with Crippen molar-refractivity contribution >= 4 is 11.8 Å². The lowest BCUT2D eigenvalue weighted by atomic mass is 10.0. The summed E-state index contributed by atoms with van der Waals surface area (Å²) in [6, 6.07) is 11.1. The Morgan fingerprint density at radius 3 is 2.32 bits per heavy atom. The Bertz CT molecular complexity index is 1030. The highest BCUT2D eigenvalue weighted by Crippen LogP contribution is 2.32. The number of benzene rings is 2. The molecule has 144 valence electrons. The molecule has 4 rings (SSSR count). The zero-order valence-electron chi connectivity index (χ0n) is 15.6. The predicted octanol–water partition coefficient (Wildman–Crippen LogP) is 4.43. The molecule has 1 saturated heterocycles. The highest BCUT2D eigenvalue weighted by Gasteiger charge is 2.38. The van der Waals surface area contributed by atoms with Gasteiger partial charge in [0.1, 0.15) is 11.6 Å². The zero-order chi connectivity index (χ0) is 20.0. The number of nitrogens with zero attached hydrogens (tertiary/aromatic N) is 2. The molecule has 1 unspecified atom stereocenters. The van der Waals surface area contributed by atoms with Crippen LogP contribution in [0.4, 0.5) is 14.9 Å². The normalized spacial score (nSPS) is 19.2. The molecular weight excluding hydrogens is 363 g/mol. The predicted molar refractivity (Wildman–Crippen MR) is 101 cm³/mol. The van der Waals surface area contributed by atoms with Crippen molar-refractivity contribution in [2.45, 2.75) is 33.1 Å². The van der Waals surface area contributed by atoms with Gasteiger partial charge in [0.2, 0.25) is 12.2 Å². The second-order valence-corrected chi connectivity index (χ2v) is 6.79. The molecule has 1 N–H and O–H groups in total. The number of carbonyl (C=O) groups excluding carboxylic acids is 1. The average Bonchev–Trinajstić information content (AvgIpc) is 3.13. The maximum Gasteiger partial charge on any atom is 0.417 e. The number of aromatic nitrogens is 1. The minimum Gasteiger partial charge on any atom is -0.441 e. The molecule has 0 radical (unpaired) electrons. The third-order valence-electron chi connectivity index (χ3n) is 4.94. The molecule has 2 aromatic carbocycles. The number of aryl methyl sites for hydroxylation is 2. The molecule has 3 aromatic rings. The van der Waals surface area contributed by atoms with E-state index < -0.39 is 24.2 Å². The summed E-state index contributed by atoms with van der Waals surface area (Å²) >= 11 is 0. The summed E-state index contributed by atoms with van der Waals surface area (Å²) in [6.45, 7) is 5.36. The molecule has 1 amide bonds. The van der Waals surface area contributed by atoms with E-state index in [9.17, 15) is 14.3 Å². The topological polar surface area (TPSA) is 75.8 Å². The van der Waals surface area contributed by atoms with E-state index in [1.165, 1.54) is 11.0 Å². The molecule has 1 aliphatic rings. The van der Waals surface area contributed by atoms with Gasteiger partial charge in [0.25, 0.3) is 0 Å². The van der Waals surface area contributed by atoms with E-state index in [1.54, 1.807) is 31.2 Å². The minimum absolute atomic E-state index is 0.331. The number of hydrogen-bond acceptors (Lipinski definition) is 5. The summed E-state index contributed by atoms with van der Waals surface area (Å²) in [5.74, 6) is 0.812. The molecule has 0 spiro atoms. The number of aliphatic hydroxyl groups is 1. The molecule has 6 nitrogen and oxygen atoms in total. The van der Waals surface area contributed by atoms with Crippen molar-refractivity contribution < 1.29 is 23.4 Å². The summed E-state index contributed by atoms with van der Waals surface area (Å²) in [5, 5.41) is 9.65. The van der Waals surface area contributed by atoms with Gasteiger partial charge < -0.3 is 14.3 Å². The van der Waals surface area contributed by atoms with Crippen LogP contribution >= 0.6 is 0 Å². The van der Waals surface area contributed by atoms with Crippen LogP contribution in [0.3, 0.4) is 0 Å². The fourth-order valence-electron chi connectivity index (χ4n) is 3.17. The fourth-order valence-corrected chi connectivity index (χ4v) is 3.17. The van der Waals surface area contributed by atoms with Crippen molar-refractivity contribution in [3.05, 3.63) is 59.7 Å². The monoisotopic (exact) mass is 382 g/mol. The molecule has 2 atom stereocenters. The van der Waals surface area contributed by atoms with Gasteiger partial charge in [0.05, 0.1) is 17.4 Å². The smallest absolute Gasteiger partial charge is 0.417 e. The molecule has 1 aromatic heterocycles. The Balaban J connectivity index is 1.62. The Hall–Kier alpha value is -3.19. The van der Waals surface area contributed by atoms with Gasteiger partial charge in [0, 0.05) is 11.1 Å². The van der Waals surface area contributed by atoms with E-state index in [4.69, 9.17) is 9.15 Å². The van der Waals surface area contributed by atoms with Crippen LogP contribution in [-0.2, 0) is 4.74 Å². The van der Waals surface area contributed by atoms with Crippen LogP contribution in [-0.4, -0.2) is 28.5 Å². The second-order valence-electron chi connectivity index (χ2n) is 6.79. The summed E-state index contributed by atoms with van der Waals surface area (Å²) < 4.78 is 25.1. The SMILES string of the molecule is Cc1nc(-c2ccc(-c3ccc(N4C(=O)OC(O)[C@H]4C)cc3F)cc2)oc1C. The number of hydrogen-bond donors (Lipinski definition) is 1. The van der Waals surface area contributed by atoms with Gasteiger partial charge >= 0.3 is 6.09 Å². The van der Waals surface area contributed by atoms with Crippen LogP contribution < -0.4 is 4.90 Å². The molecule has 28 heavy (non-hydrogen) atoms. The number of carbonyl (C=O) groups is 1. The van der Waals surface area contributed by atoms with Crippen molar-refractivity contribution in [3.63, 3.8) is 0 Å². The van der Waals surface area contributed by atoms with Crippen LogP contribution in [0.5, 0.6) is 0 Å². The number of amides is 1. The Kier molecular flexibility index (Phi) is 4.39. The standard InChI is InChI=1S/C21H19FN2O4/c1-11-13(3)27-19(23-11)15-6-4-14(5-7-15)17-9-8-16(10-18(17)22)24-12(2)20(25)28-21(24)26/h4-10,12,20,25H,1-3H3/t12-,20?/m1/s1. The molecule has 1 fully saturated rings. The van der Waals surface area contributed by atoms with Gasteiger partial charge in [-0.15, -0.1) is 0 Å². The first kappa shape index (κ1) is 18.2. The van der Waals surface area contributed by atoms with E-state index in [0.29, 0.717) is 22.7 Å². The number of cyclic esters (lactones) is 1. The van der Waals surface area contributed by atoms with Crippen LogP contribution in [0, 0.1) is 19.7 Å². The zero-order valence-corrected chi connectivity index (χ0v) is 15.6. The fraction of sp³-hybridized carbons (Fsp3) is 0.238. The van der Waals surface area contributed by atoms with Crippen LogP contribution in [0.15, 0.2) is 46.9 Å². The summed E-state index contributed by atoms with van der Waals surface area (Å²) in [5.41, 5.74) is 3.05. The highest BCUT2D eigenvalue weighted by molar-refractivity contribution is 5.90. The first-order valence-electron chi connectivity index (χ1n) is 8.87. The van der Waals surface area contributed by atoms with Gasteiger partial charge in [-0.1, -0.05) is 12.1 Å². The van der Waals surface area contributed by atoms with E-state index in [1.807, 2.05) is 26.0 Å². The van der Waals surface area contributed by atoms with Gasteiger partial charge in [-0.25, -0.2) is 14.2 Å². The first-order valence-corrected chi connectivity index (χ1v) is 8.87. The van der Waals surface area contributed by atoms with Crippen LogP contribution in [0.1, 0.15) is 18.4 Å². The van der Waals surface area contributed by atoms with Crippen molar-refractivity contribution in [1.82, 2.24) is 4.98 Å². The van der Waals surface area contributed by atoms with E-state index in [-0.39, 0.29) is 0 Å². The lowest BCUT2D eigenvalue weighted by Crippen LogP contribution is -2.33. The maximum absolute atomic E-state index is 14.7. The molecule has 0 saturated carbocycles. The third-order valence-corrected chi connectivity index (χ3v) is 4.94. The lowest BCUT2D eigenvalue weighted by Gasteiger charge is -2.19. The average molecular weight is 382 g/mol. The van der Waals surface area contributed by atoms with E-state index in [0.717, 1.165) is 17.0 Å². The minimum atomic E-state index is -1.23. The molecule has 0 aliphatic carbocycles. The molecule has 1 aliphatic heterocycles. The molecular formula is C21H19FN2O4. The van der Waals surface area contributed by atoms with E-state index >= 15 is 0 Å². The van der Waals surface area contributed by atoms with Gasteiger partial charge in [-0.3, -0.25) is 4.90 Å². The summed E-state index contributed by atoms with van der Waals surface area (Å²) in [7, 11) is 0. The number of rotatable bonds is 3. The Morgan fingerprint density at radius 2 is 1.79 bits per heavy atom. The van der Waals surface area contributed by atoms with Crippen LogP contribution in [0.2, 0.25) is 0 Å². The molecule has 0 bridgehead atoms. The van der Waals surface area contributed by atoms with Gasteiger partial charge in [0.15, 0.2) is 0 Å². The first-order chi connectivity index (χ1) is 13.3. The maximum atomic E-state index is 14.7. The number of halogens is 1. The second kappa shape index (κ2) is 6.76. The van der Waals surface area contributed by atoms with E-state index in [2.05, 4.69) is 4.98 Å². The van der Waals surface area contributed by atoms with Crippen molar-refractivity contribution in [3.8, 4) is 22.6 Å². The largest absolute Gasteiger partial charge is 0.441 e. The summed E-state index contributed by atoms with van der Waals surface area (Å²) in [4.78, 5) is 17.5. The quantitative estimate of drug-likeness (QED) is 0.725. The Morgan fingerprint density at radius 1 is 1.11 bits per heavy atom. The van der Waals surface area contributed by atoms with Gasteiger partial charge in [-0.05, 0) is 56.7 Å². The highest BCUT2D eigenvalue weighted by atomic mass is 19.1. The number of oxazole rings is 1. The molecule has 2 heterocycles. The van der Waals surface area contributed by atoms with Crippen molar-refractivity contribution in [2.75, 3.05) is 4.90 Å². The Labute approximate surface area is 161 Å². The summed E-state index contributed by atoms with van der Waals surface area (Å²) in [6.07, 6.45) is -1.93. The van der Waals surface area contributed by atoms with Crippen molar-refractivity contribution in [1.29, 1.82) is 0 Å². The molecule has 7 heteroatoms. The number of anilines is 1. The van der Waals surface area contributed by atoms with Crippen LogP contribution in [0.25, 0.3) is 22.6 Å². The number of aliphatic hydroxyl groups excluding tert-OH is 1. The number of ether oxygens (including phenoxy) is 1. The van der Waals surface area contributed by atoms with Gasteiger partial charge in [-0.2, -0.15) is 0 Å². The lowest BCUT2D eigenvalue weighted by molar-refractivity contribution is -0.0312. The van der Waals surface area contributed by atoms with Crippen molar-refractivity contribution in [2.24, 2.45) is 0 Å².